The van der Waals surface area contributed by atoms with Gasteiger partial charge in [-0.3, -0.25) is 0 Å². The summed E-state index contributed by atoms with van der Waals surface area (Å²) in [5.41, 5.74) is 6.32. The number of nitrogens with two attached hydrogens (primary N) is 1. The Hall–Kier alpha value is -1.78. The molecule has 0 fully saturated rings. The first kappa shape index (κ1) is 12.3. The molecule has 0 unspecified atom stereocenters. The van der Waals surface area contributed by atoms with Crippen molar-refractivity contribution in [1.29, 1.82) is 0 Å². The highest BCUT2D eigenvalue weighted by Crippen LogP contribution is 2.25. The van der Waals surface area contributed by atoms with Crippen LogP contribution in [-0.2, 0) is 0 Å². The molecule has 1 aromatic rings. The summed E-state index contributed by atoms with van der Waals surface area (Å²) in [4.78, 5) is 8.05. The molecule has 16 heavy (non-hydrogen) atoms. The van der Waals surface area contributed by atoms with Gasteiger partial charge in [0.15, 0.2) is 5.82 Å². The molecule has 1 heterocycles. The molecule has 3 N–H and O–H groups in total. The minimum Gasteiger partial charge on any atom is -0.473 e. The molecule has 88 valence electrons. The SMILES string of the molecule is C=CCCNc1ncnc(OC(C)C)c1N. The predicted molar refractivity (Wildman–Crippen MR) is 65.5 cm³/mol. The van der Waals surface area contributed by atoms with Crippen LogP contribution in [-0.4, -0.2) is 22.6 Å². The average Bonchev–Trinajstić information content (AvgIpc) is 2.23. The monoisotopic (exact) mass is 222 g/mol. The highest BCUT2D eigenvalue weighted by Gasteiger charge is 2.09. The molecule has 1 rings (SSSR count). The lowest BCUT2D eigenvalue weighted by Crippen LogP contribution is -2.12. The number of hydrogen-bond donors (Lipinski definition) is 2. The summed E-state index contributed by atoms with van der Waals surface area (Å²) in [6.07, 6.45) is 4.16. The first-order valence-electron chi connectivity index (χ1n) is 5.27. The van der Waals surface area contributed by atoms with Crippen LogP contribution in [0.4, 0.5) is 11.5 Å². The van der Waals surface area contributed by atoms with Crippen molar-refractivity contribution in [2.24, 2.45) is 0 Å². The molecule has 0 amide bonds. The molecule has 0 aliphatic heterocycles. The lowest BCUT2D eigenvalue weighted by atomic mass is 10.4. The number of ether oxygens (including phenoxy) is 1. The molecule has 5 heteroatoms. The third kappa shape index (κ3) is 3.42. The topological polar surface area (TPSA) is 73.1 Å². The summed E-state index contributed by atoms with van der Waals surface area (Å²) in [6.45, 7) is 8.23. The summed E-state index contributed by atoms with van der Waals surface area (Å²) in [5, 5.41) is 3.10. The summed E-state index contributed by atoms with van der Waals surface area (Å²) in [5.74, 6) is 1.03. The maximum absolute atomic E-state index is 5.88. The van der Waals surface area contributed by atoms with Crippen LogP contribution in [0.3, 0.4) is 0 Å². The molecule has 0 saturated heterocycles. The molecule has 5 nitrogen and oxygen atoms in total. The van der Waals surface area contributed by atoms with Gasteiger partial charge in [0, 0.05) is 6.54 Å². The molecule has 0 radical (unpaired) electrons. The zero-order valence-corrected chi connectivity index (χ0v) is 9.73. The molecule has 1 aromatic heterocycles. The second-order valence-corrected chi connectivity index (χ2v) is 3.61. The Morgan fingerprint density at radius 2 is 2.31 bits per heavy atom. The van der Waals surface area contributed by atoms with Crippen molar-refractivity contribution < 1.29 is 4.74 Å². The Bertz CT molecular complexity index is 352. The average molecular weight is 222 g/mol. The van der Waals surface area contributed by atoms with E-state index in [2.05, 4.69) is 21.9 Å². The third-order valence-electron chi connectivity index (χ3n) is 1.84. The minimum atomic E-state index is 0.0400. The van der Waals surface area contributed by atoms with Crippen LogP contribution in [0.2, 0.25) is 0 Å². The van der Waals surface area contributed by atoms with Gasteiger partial charge in [-0.2, -0.15) is 4.98 Å². The third-order valence-corrected chi connectivity index (χ3v) is 1.84. The lowest BCUT2D eigenvalue weighted by molar-refractivity contribution is 0.234. The zero-order valence-electron chi connectivity index (χ0n) is 9.73. The summed E-state index contributed by atoms with van der Waals surface area (Å²) >= 11 is 0. The predicted octanol–water partition coefficient (Wildman–Crippen LogP) is 1.83. The van der Waals surface area contributed by atoms with Crippen LogP contribution < -0.4 is 15.8 Å². The van der Waals surface area contributed by atoms with Gasteiger partial charge in [-0.15, -0.1) is 6.58 Å². The molecular weight excluding hydrogens is 204 g/mol. The number of aromatic nitrogens is 2. The molecule has 0 atom stereocenters. The summed E-state index contributed by atoms with van der Waals surface area (Å²) in [7, 11) is 0. The van der Waals surface area contributed by atoms with Crippen LogP contribution in [0.5, 0.6) is 5.88 Å². The van der Waals surface area contributed by atoms with Crippen molar-refractivity contribution in [2.45, 2.75) is 26.4 Å². The van der Waals surface area contributed by atoms with E-state index in [1.807, 2.05) is 19.9 Å². The smallest absolute Gasteiger partial charge is 0.242 e. The van der Waals surface area contributed by atoms with Crippen molar-refractivity contribution >= 4 is 11.5 Å². The fraction of sp³-hybridized carbons (Fsp3) is 0.455. The number of anilines is 2. The number of nitrogens with one attached hydrogen (secondary N) is 1. The molecule has 0 aliphatic rings. The van der Waals surface area contributed by atoms with Crippen molar-refractivity contribution in [1.82, 2.24) is 9.97 Å². The van der Waals surface area contributed by atoms with E-state index in [9.17, 15) is 0 Å². The fourth-order valence-corrected chi connectivity index (χ4v) is 1.13. The van der Waals surface area contributed by atoms with Gasteiger partial charge in [-0.25, -0.2) is 4.98 Å². The number of hydrogen-bond acceptors (Lipinski definition) is 5. The van der Waals surface area contributed by atoms with E-state index >= 15 is 0 Å². The van der Waals surface area contributed by atoms with E-state index < -0.39 is 0 Å². The standard InChI is InChI=1S/C11H18N4O/c1-4-5-6-13-10-9(12)11(15-7-14-10)16-8(2)3/h4,7-8H,1,5-6,12H2,2-3H3,(H,13,14,15). The van der Waals surface area contributed by atoms with Crippen molar-refractivity contribution in [3.05, 3.63) is 19.0 Å². The Morgan fingerprint density at radius 1 is 1.56 bits per heavy atom. The minimum absolute atomic E-state index is 0.0400. The van der Waals surface area contributed by atoms with E-state index in [0.29, 0.717) is 17.4 Å². The van der Waals surface area contributed by atoms with Crippen LogP contribution in [0.1, 0.15) is 20.3 Å². The van der Waals surface area contributed by atoms with Crippen LogP contribution >= 0.6 is 0 Å². The van der Waals surface area contributed by atoms with E-state index in [1.165, 1.54) is 6.33 Å². The van der Waals surface area contributed by atoms with Gasteiger partial charge in [0.1, 0.15) is 12.0 Å². The van der Waals surface area contributed by atoms with Crippen molar-refractivity contribution in [2.75, 3.05) is 17.6 Å². The van der Waals surface area contributed by atoms with Crippen LogP contribution in [0, 0.1) is 0 Å². The van der Waals surface area contributed by atoms with E-state index in [4.69, 9.17) is 10.5 Å². The first-order chi connectivity index (χ1) is 7.65. The zero-order chi connectivity index (χ0) is 12.0. The van der Waals surface area contributed by atoms with Gasteiger partial charge in [-0.05, 0) is 20.3 Å². The highest BCUT2D eigenvalue weighted by molar-refractivity contribution is 5.66. The largest absolute Gasteiger partial charge is 0.473 e. The molecular formula is C11H18N4O. The van der Waals surface area contributed by atoms with Gasteiger partial charge < -0.3 is 15.8 Å². The summed E-state index contributed by atoms with van der Waals surface area (Å²) < 4.78 is 5.46. The fourth-order valence-electron chi connectivity index (χ4n) is 1.13. The maximum atomic E-state index is 5.88. The Morgan fingerprint density at radius 3 is 2.94 bits per heavy atom. The van der Waals surface area contributed by atoms with Gasteiger partial charge in [0.05, 0.1) is 6.10 Å². The molecule has 0 saturated carbocycles. The molecule has 0 spiro atoms. The van der Waals surface area contributed by atoms with Crippen LogP contribution in [0.25, 0.3) is 0 Å². The van der Waals surface area contributed by atoms with E-state index in [-0.39, 0.29) is 6.10 Å². The maximum Gasteiger partial charge on any atom is 0.242 e. The van der Waals surface area contributed by atoms with Gasteiger partial charge >= 0.3 is 0 Å². The Labute approximate surface area is 95.7 Å². The first-order valence-corrected chi connectivity index (χ1v) is 5.27. The lowest BCUT2D eigenvalue weighted by Gasteiger charge is -2.13. The van der Waals surface area contributed by atoms with E-state index in [0.717, 1.165) is 13.0 Å². The number of nitrogens with zero attached hydrogens (tertiary/aromatic N) is 2. The van der Waals surface area contributed by atoms with Crippen LogP contribution in [0.15, 0.2) is 19.0 Å². The second-order valence-electron chi connectivity index (χ2n) is 3.61. The van der Waals surface area contributed by atoms with Crippen molar-refractivity contribution in [3.63, 3.8) is 0 Å². The molecule has 0 aromatic carbocycles. The molecule has 0 bridgehead atoms. The van der Waals surface area contributed by atoms with E-state index in [1.54, 1.807) is 0 Å². The Balaban J connectivity index is 2.73. The molecule has 0 aliphatic carbocycles. The number of nitrogen functional groups attached to an aromatic ring is 1. The quantitative estimate of drug-likeness (QED) is 0.567. The second kappa shape index (κ2) is 5.95. The van der Waals surface area contributed by atoms with Gasteiger partial charge in [0.2, 0.25) is 5.88 Å². The normalized spacial score (nSPS) is 10.2. The van der Waals surface area contributed by atoms with Crippen molar-refractivity contribution in [3.8, 4) is 5.88 Å². The highest BCUT2D eigenvalue weighted by atomic mass is 16.5. The van der Waals surface area contributed by atoms with Gasteiger partial charge in [-0.1, -0.05) is 6.08 Å². The number of rotatable bonds is 6. The summed E-state index contributed by atoms with van der Waals surface area (Å²) in [6, 6.07) is 0. The Kier molecular flexibility index (Phi) is 4.57. The van der Waals surface area contributed by atoms with Gasteiger partial charge in [0.25, 0.3) is 0 Å².